The van der Waals surface area contributed by atoms with Crippen molar-refractivity contribution in [3.8, 4) is 0 Å². The van der Waals surface area contributed by atoms with Crippen LogP contribution in [0.1, 0.15) is 37.2 Å². The van der Waals surface area contributed by atoms with Crippen molar-refractivity contribution in [3.63, 3.8) is 0 Å². The number of nitrogens with one attached hydrogen (secondary N) is 1. The Bertz CT molecular complexity index is 759. The summed E-state index contributed by atoms with van der Waals surface area (Å²) in [7, 11) is 1.97. The smallest absolute Gasteiger partial charge is 0.268 e. The van der Waals surface area contributed by atoms with Gasteiger partial charge in [-0.3, -0.25) is 9.69 Å². The molecule has 130 valence electrons. The summed E-state index contributed by atoms with van der Waals surface area (Å²) in [5.74, 6) is 0.657. The van der Waals surface area contributed by atoms with Crippen LogP contribution in [0.4, 0.5) is 0 Å². The molecule has 0 saturated carbocycles. The van der Waals surface area contributed by atoms with Crippen LogP contribution in [0.15, 0.2) is 30.3 Å². The molecule has 3 aliphatic heterocycles. The van der Waals surface area contributed by atoms with Crippen LogP contribution in [-0.4, -0.2) is 40.0 Å². The van der Waals surface area contributed by atoms with Crippen LogP contribution in [0.3, 0.4) is 0 Å². The number of amides is 1. The molecule has 24 heavy (non-hydrogen) atoms. The monoisotopic (exact) mass is 347 g/mol. The maximum absolute atomic E-state index is 12.9. The molecule has 3 saturated heterocycles. The fraction of sp³-hybridized carbons (Fsp3) is 0.526. The minimum absolute atomic E-state index is 0. The van der Waals surface area contributed by atoms with Gasteiger partial charge >= 0.3 is 0 Å². The SMILES string of the molecule is Cl.Cn1c(C(=O)N[C@@H]2C3CCN(CC3)C2(C)C)cc2ccccc21. The molecule has 3 fully saturated rings. The molecule has 2 aromatic rings. The predicted octanol–water partition coefficient (Wildman–Crippen LogP) is 3.20. The zero-order valence-corrected chi connectivity index (χ0v) is 15.4. The Kier molecular flexibility index (Phi) is 4.39. The zero-order chi connectivity index (χ0) is 16.2. The summed E-state index contributed by atoms with van der Waals surface area (Å²) in [6.45, 7) is 6.87. The standard InChI is InChI=1S/C19H25N3O.ClH/c1-19(2)17(13-8-10-22(19)11-9-13)20-18(23)16-12-14-6-4-5-7-15(14)21(16)3;/h4-7,12-13,17H,8-11H2,1-3H3,(H,20,23);1H/t17-;/m1./s1. The highest BCUT2D eigenvalue weighted by atomic mass is 35.5. The Morgan fingerprint density at radius 2 is 1.88 bits per heavy atom. The lowest BCUT2D eigenvalue weighted by atomic mass is 9.72. The molecule has 1 N–H and O–H groups in total. The number of fused-ring (bicyclic) bond motifs is 4. The Morgan fingerprint density at radius 1 is 1.21 bits per heavy atom. The number of halogens is 1. The van der Waals surface area contributed by atoms with E-state index in [4.69, 9.17) is 0 Å². The second-order valence-corrected chi connectivity index (χ2v) is 7.58. The topological polar surface area (TPSA) is 37.3 Å². The van der Waals surface area contributed by atoms with Gasteiger partial charge in [-0.2, -0.15) is 0 Å². The van der Waals surface area contributed by atoms with E-state index < -0.39 is 0 Å². The van der Waals surface area contributed by atoms with E-state index in [2.05, 4.69) is 36.2 Å². The van der Waals surface area contributed by atoms with E-state index in [0.29, 0.717) is 5.92 Å². The molecule has 0 aliphatic carbocycles. The van der Waals surface area contributed by atoms with E-state index in [1.54, 1.807) is 0 Å². The average molecular weight is 348 g/mol. The number of para-hydroxylation sites is 1. The van der Waals surface area contributed by atoms with E-state index in [1.807, 2.05) is 29.8 Å². The van der Waals surface area contributed by atoms with Crippen LogP contribution in [0, 0.1) is 5.92 Å². The van der Waals surface area contributed by atoms with Gasteiger partial charge < -0.3 is 9.88 Å². The number of hydrogen-bond acceptors (Lipinski definition) is 2. The van der Waals surface area contributed by atoms with Crippen LogP contribution >= 0.6 is 12.4 Å². The Labute approximate surface area is 149 Å². The summed E-state index contributed by atoms with van der Waals surface area (Å²) in [5.41, 5.74) is 1.89. The molecule has 0 spiro atoms. The van der Waals surface area contributed by atoms with Crippen molar-refractivity contribution in [2.24, 2.45) is 13.0 Å². The first-order valence-corrected chi connectivity index (χ1v) is 8.59. The quantitative estimate of drug-likeness (QED) is 0.905. The third-order valence-electron chi connectivity index (χ3n) is 6.06. The van der Waals surface area contributed by atoms with Gasteiger partial charge in [0, 0.05) is 29.5 Å². The highest BCUT2D eigenvalue weighted by Crippen LogP contribution is 2.39. The lowest BCUT2D eigenvalue weighted by Crippen LogP contribution is -2.69. The second kappa shape index (κ2) is 6.08. The molecule has 1 atom stereocenters. The molecular formula is C19H26ClN3O. The lowest BCUT2D eigenvalue weighted by molar-refractivity contribution is -0.0378. The molecule has 5 heteroatoms. The largest absolute Gasteiger partial charge is 0.346 e. The van der Waals surface area contributed by atoms with Gasteiger partial charge in [-0.25, -0.2) is 0 Å². The van der Waals surface area contributed by atoms with E-state index >= 15 is 0 Å². The first kappa shape index (κ1) is 17.3. The summed E-state index contributed by atoms with van der Waals surface area (Å²) in [6.07, 6.45) is 2.40. The molecule has 1 aromatic heterocycles. The number of hydrogen-bond donors (Lipinski definition) is 1. The third-order valence-corrected chi connectivity index (χ3v) is 6.06. The number of aryl methyl sites for hydroxylation is 1. The van der Waals surface area contributed by atoms with Crippen molar-refractivity contribution < 1.29 is 4.79 Å². The van der Waals surface area contributed by atoms with E-state index in [1.165, 1.54) is 12.8 Å². The Hall–Kier alpha value is -1.52. The van der Waals surface area contributed by atoms with E-state index in [0.717, 1.165) is 29.7 Å². The van der Waals surface area contributed by atoms with Gasteiger partial charge in [-0.15, -0.1) is 12.4 Å². The number of nitrogens with zero attached hydrogens (tertiary/aromatic N) is 2. The first-order chi connectivity index (χ1) is 11.0. The van der Waals surface area contributed by atoms with E-state index in [-0.39, 0.29) is 29.9 Å². The van der Waals surface area contributed by atoms with Crippen LogP contribution < -0.4 is 5.32 Å². The number of benzene rings is 1. The zero-order valence-electron chi connectivity index (χ0n) is 14.6. The van der Waals surface area contributed by atoms with Crippen LogP contribution in [0.25, 0.3) is 10.9 Å². The lowest BCUT2D eigenvalue weighted by Gasteiger charge is -2.56. The Morgan fingerprint density at radius 3 is 2.50 bits per heavy atom. The van der Waals surface area contributed by atoms with Crippen LogP contribution in [0.2, 0.25) is 0 Å². The molecule has 5 rings (SSSR count). The van der Waals surface area contributed by atoms with Crippen molar-refractivity contribution in [1.82, 2.24) is 14.8 Å². The summed E-state index contributed by atoms with van der Waals surface area (Å²) >= 11 is 0. The number of rotatable bonds is 2. The first-order valence-electron chi connectivity index (χ1n) is 8.59. The van der Waals surface area contributed by atoms with Gasteiger partial charge in [-0.1, -0.05) is 18.2 Å². The molecule has 4 nitrogen and oxygen atoms in total. The van der Waals surface area contributed by atoms with Crippen molar-refractivity contribution in [2.75, 3.05) is 13.1 Å². The van der Waals surface area contributed by atoms with Crippen molar-refractivity contribution in [1.29, 1.82) is 0 Å². The fourth-order valence-corrected chi connectivity index (χ4v) is 4.60. The number of aromatic nitrogens is 1. The number of piperidine rings is 3. The number of carbonyl (C=O) groups is 1. The van der Waals surface area contributed by atoms with Gasteiger partial charge in [0.2, 0.25) is 0 Å². The summed E-state index contributed by atoms with van der Waals surface area (Å²) in [4.78, 5) is 15.4. The Balaban J connectivity index is 0.00000169. The maximum Gasteiger partial charge on any atom is 0.268 e. The van der Waals surface area contributed by atoms with E-state index in [9.17, 15) is 4.79 Å². The molecule has 1 aromatic carbocycles. The normalized spacial score (nSPS) is 27.7. The van der Waals surface area contributed by atoms with Gasteiger partial charge in [-0.05, 0) is 57.8 Å². The molecule has 2 bridgehead atoms. The minimum Gasteiger partial charge on any atom is -0.346 e. The fourth-order valence-electron chi connectivity index (χ4n) is 4.60. The highest BCUT2D eigenvalue weighted by Gasteiger charge is 2.48. The summed E-state index contributed by atoms with van der Waals surface area (Å²) in [5, 5.41) is 4.48. The second-order valence-electron chi connectivity index (χ2n) is 7.58. The highest BCUT2D eigenvalue weighted by molar-refractivity contribution is 5.98. The molecule has 3 aliphatic rings. The molecule has 1 amide bonds. The van der Waals surface area contributed by atoms with Crippen molar-refractivity contribution >= 4 is 29.2 Å². The molecule has 0 unspecified atom stereocenters. The van der Waals surface area contributed by atoms with Crippen molar-refractivity contribution in [3.05, 3.63) is 36.0 Å². The predicted molar refractivity (Wildman–Crippen MR) is 99.8 cm³/mol. The maximum atomic E-state index is 12.9. The molecule has 0 radical (unpaired) electrons. The van der Waals surface area contributed by atoms with Crippen LogP contribution in [-0.2, 0) is 7.05 Å². The minimum atomic E-state index is 0. The molecule has 4 heterocycles. The van der Waals surface area contributed by atoms with Gasteiger partial charge in [0.25, 0.3) is 5.91 Å². The van der Waals surface area contributed by atoms with Gasteiger partial charge in [0.1, 0.15) is 5.69 Å². The van der Waals surface area contributed by atoms with Crippen molar-refractivity contribution in [2.45, 2.75) is 38.3 Å². The van der Waals surface area contributed by atoms with Gasteiger partial charge in [0.15, 0.2) is 0 Å². The van der Waals surface area contributed by atoms with Gasteiger partial charge in [0.05, 0.1) is 0 Å². The average Bonchev–Trinajstić information content (AvgIpc) is 2.89. The number of carbonyl (C=O) groups excluding carboxylic acids is 1. The summed E-state index contributed by atoms with van der Waals surface area (Å²) < 4.78 is 2.00. The molecular weight excluding hydrogens is 322 g/mol. The third kappa shape index (κ3) is 2.52. The summed E-state index contributed by atoms with van der Waals surface area (Å²) in [6, 6.07) is 10.4. The van der Waals surface area contributed by atoms with Crippen LogP contribution in [0.5, 0.6) is 0 Å².